The van der Waals surface area contributed by atoms with E-state index >= 15 is 0 Å². The van der Waals surface area contributed by atoms with Crippen LogP contribution in [0, 0.1) is 11.7 Å². The summed E-state index contributed by atoms with van der Waals surface area (Å²) in [6.45, 7) is 2.94. The molecule has 3 atom stereocenters. The van der Waals surface area contributed by atoms with Gasteiger partial charge in [-0.25, -0.2) is 4.39 Å². The van der Waals surface area contributed by atoms with Crippen molar-refractivity contribution in [2.45, 2.75) is 24.3 Å². The summed E-state index contributed by atoms with van der Waals surface area (Å²) in [6.07, 6.45) is 1.17. The Bertz CT molecular complexity index is 397. The first-order chi connectivity index (χ1) is 8.13. The summed E-state index contributed by atoms with van der Waals surface area (Å²) in [6, 6.07) is 5.03. The van der Waals surface area contributed by atoms with Crippen molar-refractivity contribution in [3.8, 4) is 5.75 Å². The second kappa shape index (κ2) is 5.36. The Morgan fingerprint density at radius 2 is 2.29 bits per heavy atom. The summed E-state index contributed by atoms with van der Waals surface area (Å²) in [5, 5.41) is 0. The van der Waals surface area contributed by atoms with Crippen LogP contribution in [0.1, 0.15) is 23.7 Å². The number of ether oxygens (including phenoxy) is 2. The molecule has 0 radical (unpaired) electrons. The molecule has 0 aliphatic carbocycles. The molecule has 3 unspecified atom stereocenters. The molecule has 0 saturated carbocycles. The highest BCUT2D eigenvalue weighted by Gasteiger charge is 2.31. The summed E-state index contributed by atoms with van der Waals surface area (Å²) in [7, 11) is 1.46. The Morgan fingerprint density at radius 3 is 2.82 bits per heavy atom. The van der Waals surface area contributed by atoms with Gasteiger partial charge in [-0.1, -0.05) is 28.9 Å². The largest absolute Gasteiger partial charge is 0.494 e. The zero-order chi connectivity index (χ0) is 12.4. The van der Waals surface area contributed by atoms with E-state index in [9.17, 15) is 4.39 Å². The van der Waals surface area contributed by atoms with E-state index in [4.69, 9.17) is 9.47 Å². The maximum Gasteiger partial charge on any atom is 0.165 e. The lowest BCUT2D eigenvalue weighted by Crippen LogP contribution is -2.19. The van der Waals surface area contributed by atoms with Crippen molar-refractivity contribution >= 4 is 15.9 Å². The minimum Gasteiger partial charge on any atom is -0.494 e. The lowest BCUT2D eigenvalue weighted by molar-refractivity contribution is 0.0934. The van der Waals surface area contributed by atoms with E-state index in [1.54, 1.807) is 6.07 Å². The van der Waals surface area contributed by atoms with Gasteiger partial charge in [0.2, 0.25) is 0 Å². The number of hydrogen-bond donors (Lipinski definition) is 0. The maximum atomic E-state index is 13.6. The lowest BCUT2D eigenvalue weighted by Gasteiger charge is -2.21. The summed E-state index contributed by atoms with van der Waals surface area (Å²) < 4.78 is 24.2. The van der Waals surface area contributed by atoms with Crippen LogP contribution in [0.5, 0.6) is 5.75 Å². The highest BCUT2D eigenvalue weighted by Crippen LogP contribution is 2.38. The highest BCUT2D eigenvalue weighted by atomic mass is 79.9. The minimum atomic E-state index is -0.333. The zero-order valence-electron chi connectivity index (χ0n) is 9.95. The molecule has 2 rings (SSSR count). The second-order valence-electron chi connectivity index (χ2n) is 4.40. The van der Waals surface area contributed by atoms with Gasteiger partial charge < -0.3 is 9.47 Å². The van der Waals surface area contributed by atoms with Crippen molar-refractivity contribution in [3.05, 3.63) is 29.6 Å². The van der Waals surface area contributed by atoms with Crippen LogP contribution in [0.2, 0.25) is 0 Å². The van der Waals surface area contributed by atoms with Crippen LogP contribution in [0.15, 0.2) is 18.2 Å². The first-order valence-electron chi connectivity index (χ1n) is 5.72. The number of rotatable bonds is 3. The van der Waals surface area contributed by atoms with Gasteiger partial charge in [0.05, 0.1) is 18.0 Å². The van der Waals surface area contributed by atoms with E-state index in [0.29, 0.717) is 5.92 Å². The van der Waals surface area contributed by atoms with Gasteiger partial charge in [0, 0.05) is 6.61 Å². The number of hydrogen-bond acceptors (Lipinski definition) is 2. The number of methoxy groups -OCH3 is 1. The molecular weight excluding hydrogens is 287 g/mol. The molecule has 1 aliphatic heterocycles. The Kier molecular flexibility index (Phi) is 4.05. The van der Waals surface area contributed by atoms with Gasteiger partial charge in [0.15, 0.2) is 11.6 Å². The van der Waals surface area contributed by atoms with Gasteiger partial charge in [-0.15, -0.1) is 0 Å². The van der Waals surface area contributed by atoms with E-state index in [1.165, 1.54) is 13.2 Å². The fourth-order valence-corrected chi connectivity index (χ4v) is 3.09. The second-order valence-corrected chi connectivity index (χ2v) is 5.38. The monoisotopic (exact) mass is 302 g/mol. The molecular formula is C13H16BrFO2. The molecule has 2 nitrogen and oxygen atoms in total. The van der Waals surface area contributed by atoms with E-state index in [0.717, 1.165) is 18.6 Å². The van der Waals surface area contributed by atoms with Gasteiger partial charge in [-0.3, -0.25) is 0 Å². The summed E-state index contributed by atoms with van der Waals surface area (Å²) in [5.41, 5.74) is 0.891. The van der Waals surface area contributed by atoms with Gasteiger partial charge in [0.1, 0.15) is 0 Å². The third-order valence-corrected chi connectivity index (χ3v) is 4.28. The Balaban J connectivity index is 2.19. The zero-order valence-corrected chi connectivity index (χ0v) is 11.5. The van der Waals surface area contributed by atoms with Crippen LogP contribution in [-0.4, -0.2) is 19.8 Å². The van der Waals surface area contributed by atoms with Crippen molar-refractivity contribution in [1.82, 2.24) is 0 Å². The van der Waals surface area contributed by atoms with Crippen LogP contribution >= 0.6 is 15.9 Å². The molecule has 1 aromatic rings. The molecule has 94 valence electrons. The molecule has 0 amide bonds. The molecule has 4 heteroatoms. The highest BCUT2D eigenvalue weighted by molar-refractivity contribution is 9.09. The van der Waals surface area contributed by atoms with Gasteiger partial charge in [0.25, 0.3) is 0 Å². The third-order valence-electron chi connectivity index (χ3n) is 3.23. The fraction of sp³-hybridized carbons (Fsp3) is 0.538. The van der Waals surface area contributed by atoms with Gasteiger partial charge in [-0.2, -0.15) is 0 Å². The number of alkyl halides is 1. The summed E-state index contributed by atoms with van der Waals surface area (Å²) >= 11 is 3.60. The molecule has 0 N–H and O–H groups in total. The van der Waals surface area contributed by atoms with Crippen molar-refractivity contribution in [1.29, 1.82) is 0 Å². The molecule has 1 fully saturated rings. The molecule has 0 aromatic heterocycles. The van der Waals surface area contributed by atoms with E-state index in [-0.39, 0.29) is 22.5 Å². The van der Waals surface area contributed by atoms with Crippen LogP contribution in [0.3, 0.4) is 0 Å². The van der Waals surface area contributed by atoms with Crippen molar-refractivity contribution < 1.29 is 13.9 Å². The predicted molar refractivity (Wildman–Crippen MR) is 68.1 cm³/mol. The molecule has 1 heterocycles. The maximum absolute atomic E-state index is 13.6. The normalized spacial score (nSPS) is 25.9. The Hall–Kier alpha value is -0.610. The van der Waals surface area contributed by atoms with Crippen LogP contribution < -0.4 is 4.74 Å². The van der Waals surface area contributed by atoms with Crippen molar-refractivity contribution in [2.75, 3.05) is 13.7 Å². The predicted octanol–water partition coefficient (Wildman–Crippen LogP) is 3.70. The minimum absolute atomic E-state index is 0.0282. The van der Waals surface area contributed by atoms with E-state index in [2.05, 4.69) is 22.9 Å². The quantitative estimate of drug-likeness (QED) is 0.793. The molecule has 1 saturated heterocycles. The van der Waals surface area contributed by atoms with Crippen LogP contribution in [-0.2, 0) is 4.74 Å². The SMILES string of the molecule is COc1ccc(C(Br)C2OCCC2C)cc1F. The average Bonchev–Trinajstić information content (AvgIpc) is 2.74. The molecule has 0 bridgehead atoms. The molecule has 1 aliphatic rings. The first kappa shape index (κ1) is 12.8. The number of halogens is 2. The fourth-order valence-electron chi connectivity index (χ4n) is 2.14. The molecule has 17 heavy (non-hydrogen) atoms. The van der Waals surface area contributed by atoms with Crippen LogP contribution in [0.4, 0.5) is 4.39 Å². The standard InChI is InChI=1S/C13H16BrFO2/c1-8-5-6-17-13(8)12(14)9-3-4-11(16-2)10(15)7-9/h3-4,7-8,12-13H,5-6H2,1-2H3. The third kappa shape index (κ3) is 2.63. The Morgan fingerprint density at radius 1 is 1.53 bits per heavy atom. The van der Waals surface area contributed by atoms with Crippen LogP contribution in [0.25, 0.3) is 0 Å². The summed E-state index contributed by atoms with van der Waals surface area (Å²) in [4.78, 5) is 0.0282. The first-order valence-corrected chi connectivity index (χ1v) is 6.64. The van der Waals surface area contributed by atoms with Crippen molar-refractivity contribution in [2.24, 2.45) is 5.92 Å². The van der Waals surface area contributed by atoms with E-state index < -0.39 is 0 Å². The average molecular weight is 303 g/mol. The number of benzene rings is 1. The molecule has 1 aromatic carbocycles. The summed E-state index contributed by atoms with van der Waals surface area (Å²) in [5.74, 6) is 0.429. The van der Waals surface area contributed by atoms with E-state index in [1.807, 2.05) is 6.07 Å². The Labute approximate surface area is 109 Å². The van der Waals surface area contributed by atoms with Gasteiger partial charge in [-0.05, 0) is 30.0 Å². The lowest BCUT2D eigenvalue weighted by atomic mass is 9.97. The topological polar surface area (TPSA) is 18.5 Å². The van der Waals surface area contributed by atoms with Crippen molar-refractivity contribution in [3.63, 3.8) is 0 Å². The molecule has 0 spiro atoms. The smallest absolute Gasteiger partial charge is 0.165 e. The van der Waals surface area contributed by atoms with Gasteiger partial charge >= 0.3 is 0 Å².